The summed E-state index contributed by atoms with van der Waals surface area (Å²) in [7, 11) is 0. The highest BCUT2D eigenvalue weighted by Crippen LogP contribution is 2.27. The maximum Gasteiger partial charge on any atom is 0.232 e. The van der Waals surface area contributed by atoms with Gasteiger partial charge in [-0.05, 0) is 29.9 Å². The Balaban J connectivity index is 1.80. The van der Waals surface area contributed by atoms with Crippen LogP contribution in [0, 0.1) is 5.92 Å². The molecule has 0 radical (unpaired) electrons. The maximum absolute atomic E-state index is 12.7. The molecule has 0 atom stereocenters. The second-order valence-corrected chi connectivity index (χ2v) is 5.80. The average molecular weight is 279 g/mol. The fourth-order valence-corrected chi connectivity index (χ4v) is 2.83. The Kier molecular flexibility index (Phi) is 4.34. The number of carbonyl (C=O) groups excluding carboxylic acids is 1. The number of hydrogen-bond acceptors (Lipinski definition) is 1. The highest BCUT2D eigenvalue weighted by molar-refractivity contribution is 5.87. The van der Waals surface area contributed by atoms with Crippen LogP contribution in [-0.2, 0) is 4.79 Å². The van der Waals surface area contributed by atoms with Crippen LogP contribution in [0.4, 0.5) is 0 Å². The first-order valence-corrected chi connectivity index (χ1v) is 7.72. The van der Waals surface area contributed by atoms with Crippen LogP contribution in [0.2, 0.25) is 0 Å². The van der Waals surface area contributed by atoms with Crippen LogP contribution in [-0.4, -0.2) is 12.5 Å². The maximum atomic E-state index is 12.7. The zero-order valence-electron chi connectivity index (χ0n) is 12.2. The minimum atomic E-state index is -0.215. The first kappa shape index (κ1) is 13.9. The number of nitrogens with one attached hydrogen (secondary N) is 1. The second kappa shape index (κ2) is 6.57. The van der Waals surface area contributed by atoms with Crippen molar-refractivity contribution in [2.75, 3.05) is 6.54 Å². The van der Waals surface area contributed by atoms with Gasteiger partial charge in [0, 0.05) is 6.54 Å². The molecule has 1 aliphatic carbocycles. The minimum absolute atomic E-state index is 0.110. The molecule has 108 valence electrons. The van der Waals surface area contributed by atoms with E-state index in [-0.39, 0.29) is 11.8 Å². The number of hydrogen-bond donors (Lipinski definition) is 1. The molecule has 0 spiro atoms. The van der Waals surface area contributed by atoms with E-state index in [1.54, 1.807) is 0 Å². The van der Waals surface area contributed by atoms with Crippen molar-refractivity contribution < 1.29 is 4.79 Å². The van der Waals surface area contributed by atoms with Gasteiger partial charge >= 0.3 is 0 Å². The highest BCUT2D eigenvalue weighted by Gasteiger charge is 2.24. The SMILES string of the molecule is O=C(NCC1CCC1)C(c1ccccc1)c1ccccc1. The van der Waals surface area contributed by atoms with E-state index in [0.29, 0.717) is 5.92 Å². The molecule has 0 aromatic heterocycles. The summed E-state index contributed by atoms with van der Waals surface area (Å²) in [4.78, 5) is 12.7. The van der Waals surface area contributed by atoms with Crippen molar-refractivity contribution in [3.63, 3.8) is 0 Å². The van der Waals surface area contributed by atoms with E-state index in [2.05, 4.69) is 5.32 Å². The minimum Gasteiger partial charge on any atom is -0.355 e. The quantitative estimate of drug-likeness (QED) is 0.887. The van der Waals surface area contributed by atoms with Gasteiger partial charge in [-0.2, -0.15) is 0 Å². The lowest BCUT2D eigenvalue weighted by atomic mass is 9.85. The van der Waals surface area contributed by atoms with Crippen LogP contribution in [0.15, 0.2) is 60.7 Å². The van der Waals surface area contributed by atoms with E-state index in [4.69, 9.17) is 0 Å². The third-order valence-electron chi connectivity index (χ3n) is 4.32. The summed E-state index contributed by atoms with van der Waals surface area (Å²) >= 11 is 0. The lowest BCUT2D eigenvalue weighted by Crippen LogP contribution is -2.35. The molecule has 2 aromatic carbocycles. The molecule has 0 saturated heterocycles. The Morgan fingerprint density at radius 1 is 0.952 bits per heavy atom. The zero-order valence-corrected chi connectivity index (χ0v) is 12.2. The predicted octanol–water partition coefficient (Wildman–Crippen LogP) is 3.73. The fourth-order valence-electron chi connectivity index (χ4n) is 2.83. The summed E-state index contributed by atoms with van der Waals surface area (Å²) in [6, 6.07) is 20.0. The van der Waals surface area contributed by atoms with Gasteiger partial charge in [0.05, 0.1) is 5.92 Å². The molecular formula is C19H21NO. The molecule has 21 heavy (non-hydrogen) atoms. The Bertz CT molecular complexity index is 536. The lowest BCUT2D eigenvalue weighted by molar-refractivity contribution is -0.122. The van der Waals surface area contributed by atoms with Gasteiger partial charge in [0.25, 0.3) is 0 Å². The normalized spacial score (nSPS) is 14.7. The molecule has 2 nitrogen and oxygen atoms in total. The smallest absolute Gasteiger partial charge is 0.232 e. The van der Waals surface area contributed by atoms with Gasteiger partial charge in [-0.25, -0.2) is 0 Å². The number of amides is 1. The lowest BCUT2D eigenvalue weighted by Gasteiger charge is -2.26. The van der Waals surface area contributed by atoms with Crippen molar-refractivity contribution in [1.29, 1.82) is 0 Å². The molecule has 1 fully saturated rings. The van der Waals surface area contributed by atoms with Crippen LogP contribution in [0.1, 0.15) is 36.3 Å². The molecule has 0 heterocycles. The van der Waals surface area contributed by atoms with Crippen LogP contribution in [0.25, 0.3) is 0 Å². The summed E-state index contributed by atoms with van der Waals surface area (Å²) in [5, 5.41) is 3.14. The highest BCUT2D eigenvalue weighted by atomic mass is 16.1. The van der Waals surface area contributed by atoms with Crippen molar-refractivity contribution in [3.05, 3.63) is 71.8 Å². The van der Waals surface area contributed by atoms with E-state index >= 15 is 0 Å². The van der Waals surface area contributed by atoms with Gasteiger partial charge < -0.3 is 5.32 Å². The van der Waals surface area contributed by atoms with Crippen molar-refractivity contribution in [3.8, 4) is 0 Å². The number of carbonyl (C=O) groups is 1. The van der Waals surface area contributed by atoms with Crippen molar-refractivity contribution >= 4 is 5.91 Å². The largest absolute Gasteiger partial charge is 0.355 e. The van der Waals surface area contributed by atoms with Crippen LogP contribution in [0.5, 0.6) is 0 Å². The topological polar surface area (TPSA) is 29.1 Å². The van der Waals surface area contributed by atoms with E-state index in [1.807, 2.05) is 60.7 Å². The Labute approximate surface area is 126 Å². The van der Waals surface area contributed by atoms with Crippen molar-refractivity contribution in [2.45, 2.75) is 25.2 Å². The predicted molar refractivity (Wildman–Crippen MR) is 85.1 cm³/mol. The molecule has 0 bridgehead atoms. The van der Waals surface area contributed by atoms with Gasteiger partial charge in [-0.15, -0.1) is 0 Å². The van der Waals surface area contributed by atoms with E-state index in [0.717, 1.165) is 17.7 Å². The van der Waals surface area contributed by atoms with E-state index in [1.165, 1.54) is 19.3 Å². The van der Waals surface area contributed by atoms with Crippen LogP contribution in [0.3, 0.4) is 0 Å². The monoisotopic (exact) mass is 279 g/mol. The Hall–Kier alpha value is -2.09. The molecule has 2 aromatic rings. The van der Waals surface area contributed by atoms with Gasteiger partial charge in [0.2, 0.25) is 5.91 Å². The zero-order chi connectivity index (χ0) is 14.5. The van der Waals surface area contributed by atoms with Crippen LogP contribution >= 0.6 is 0 Å². The van der Waals surface area contributed by atoms with Crippen molar-refractivity contribution in [2.24, 2.45) is 5.92 Å². The standard InChI is InChI=1S/C19H21NO/c21-19(20-14-15-8-7-9-15)18(16-10-3-1-4-11-16)17-12-5-2-6-13-17/h1-6,10-13,15,18H,7-9,14H2,(H,20,21). The third kappa shape index (κ3) is 3.33. The molecule has 3 rings (SSSR count). The summed E-state index contributed by atoms with van der Waals surface area (Å²) in [6.07, 6.45) is 3.81. The molecule has 0 unspecified atom stereocenters. The molecule has 0 aliphatic heterocycles. The van der Waals surface area contributed by atoms with Gasteiger partial charge in [0.1, 0.15) is 0 Å². The molecule has 2 heteroatoms. The molecule has 1 aliphatic rings. The molecular weight excluding hydrogens is 258 g/mol. The van der Waals surface area contributed by atoms with Gasteiger partial charge in [0.15, 0.2) is 0 Å². The van der Waals surface area contributed by atoms with Crippen molar-refractivity contribution in [1.82, 2.24) is 5.32 Å². The molecule has 1 amide bonds. The first-order chi connectivity index (χ1) is 10.3. The first-order valence-electron chi connectivity index (χ1n) is 7.72. The van der Waals surface area contributed by atoms with E-state index in [9.17, 15) is 4.79 Å². The molecule has 1 saturated carbocycles. The number of benzene rings is 2. The summed E-state index contributed by atoms with van der Waals surface area (Å²) < 4.78 is 0. The second-order valence-electron chi connectivity index (χ2n) is 5.80. The summed E-state index contributed by atoms with van der Waals surface area (Å²) in [5.41, 5.74) is 2.10. The summed E-state index contributed by atoms with van der Waals surface area (Å²) in [6.45, 7) is 0.814. The van der Waals surface area contributed by atoms with Crippen LogP contribution < -0.4 is 5.32 Å². The Morgan fingerprint density at radius 2 is 1.48 bits per heavy atom. The third-order valence-corrected chi connectivity index (χ3v) is 4.32. The fraction of sp³-hybridized carbons (Fsp3) is 0.316. The summed E-state index contributed by atoms with van der Waals surface area (Å²) in [5.74, 6) is 0.577. The molecule has 1 N–H and O–H groups in total. The van der Waals surface area contributed by atoms with Gasteiger partial charge in [-0.3, -0.25) is 4.79 Å². The van der Waals surface area contributed by atoms with E-state index < -0.39 is 0 Å². The van der Waals surface area contributed by atoms with Gasteiger partial charge in [-0.1, -0.05) is 67.1 Å². The average Bonchev–Trinajstić information content (AvgIpc) is 2.48. The number of rotatable bonds is 5. The Morgan fingerprint density at radius 3 is 1.90 bits per heavy atom.